The third-order valence-corrected chi connectivity index (χ3v) is 2.99. The van der Waals surface area contributed by atoms with E-state index in [2.05, 4.69) is 34.1 Å². The van der Waals surface area contributed by atoms with Gasteiger partial charge in [-0.05, 0) is 12.1 Å². The number of benzene rings is 2. The lowest BCUT2D eigenvalue weighted by Crippen LogP contribution is -2.15. The maximum atomic E-state index is 10.3. The van der Waals surface area contributed by atoms with E-state index in [-0.39, 0.29) is 0 Å². The van der Waals surface area contributed by atoms with Crippen LogP contribution in [0.3, 0.4) is 0 Å². The molecule has 1 heterocycles. The number of nitrogens with zero attached hydrogens (tertiary/aromatic N) is 1. The maximum Gasteiger partial charge on any atom is 0.310 e. The summed E-state index contributed by atoms with van der Waals surface area (Å²) in [5.41, 5.74) is 2.24. The van der Waals surface area contributed by atoms with E-state index in [0.29, 0.717) is 6.67 Å². The number of hydrogen-bond acceptors (Lipinski definition) is 1. The molecule has 0 saturated carbocycles. The largest absolute Gasteiger partial charge is 0.330 e. The zero-order valence-corrected chi connectivity index (χ0v) is 9.18. The van der Waals surface area contributed by atoms with E-state index >= 15 is 0 Å². The van der Waals surface area contributed by atoms with Crippen LogP contribution in [0.4, 0.5) is 0 Å². The van der Waals surface area contributed by atoms with Gasteiger partial charge in [0.15, 0.2) is 0 Å². The van der Waals surface area contributed by atoms with Crippen LogP contribution in [-0.2, 0) is 11.5 Å². The van der Waals surface area contributed by atoms with E-state index in [1.54, 1.807) is 6.41 Å². The lowest BCUT2D eigenvalue weighted by atomic mass is 10.2. The van der Waals surface area contributed by atoms with Gasteiger partial charge in [-0.1, -0.05) is 36.4 Å². The topological polar surface area (TPSA) is 34.0 Å². The molecule has 0 aliphatic carbocycles. The van der Waals surface area contributed by atoms with Gasteiger partial charge < -0.3 is 9.88 Å². The van der Waals surface area contributed by atoms with Crippen LogP contribution in [0.2, 0.25) is 0 Å². The van der Waals surface area contributed by atoms with Crippen molar-refractivity contribution < 1.29 is 4.79 Å². The van der Waals surface area contributed by atoms with Gasteiger partial charge in [-0.3, -0.25) is 4.79 Å². The first-order chi connectivity index (χ1) is 8.42. The number of rotatable bonds is 3. The van der Waals surface area contributed by atoms with E-state index in [0.717, 1.165) is 11.0 Å². The molecule has 0 atom stereocenters. The van der Waals surface area contributed by atoms with Crippen molar-refractivity contribution >= 4 is 28.2 Å². The number of nitrogens with one attached hydrogen (secondary N) is 1. The van der Waals surface area contributed by atoms with Crippen LogP contribution < -0.4 is 5.32 Å². The van der Waals surface area contributed by atoms with Crippen LogP contribution in [0.15, 0.2) is 48.5 Å². The molecule has 0 bridgehead atoms. The summed E-state index contributed by atoms with van der Waals surface area (Å²) in [4.78, 5) is 10.3. The molecule has 0 unspecified atom stereocenters. The number of amides is 1. The molecular weight excluding hydrogens is 212 g/mol. The normalized spacial score (nSPS) is 10.8. The summed E-state index contributed by atoms with van der Waals surface area (Å²) in [6.45, 7) is 0.442. The quantitative estimate of drug-likeness (QED) is 0.680. The lowest BCUT2D eigenvalue weighted by molar-refractivity contribution is 0.531. The van der Waals surface area contributed by atoms with Crippen LogP contribution in [0.25, 0.3) is 21.8 Å². The van der Waals surface area contributed by atoms with E-state index in [4.69, 9.17) is 0 Å². The molecule has 0 aliphatic heterocycles. The Morgan fingerprint density at radius 1 is 0.941 bits per heavy atom. The monoisotopic (exact) mass is 223 g/mol. The van der Waals surface area contributed by atoms with E-state index < -0.39 is 0 Å². The van der Waals surface area contributed by atoms with Crippen molar-refractivity contribution in [2.75, 3.05) is 0 Å². The fourth-order valence-corrected chi connectivity index (χ4v) is 2.28. The zero-order valence-electron chi connectivity index (χ0n) is 9.18. The Labute approximate surface area is 98.7 Å². The maximum absolute atomic E-state index is 10.3. The van der Waals surface area contributed by atoms with Gasteiger partial charge in [0.25, 0.3) is 0 Å². The molecule has 17 heavy (non-hydrogen) atoms. The van der Waals surface area contributed by atoms with Crippen molar-refractivity contribution in [3.05, 3.63) is 48.5 Å². The lowest BCUT2D eigenvalue weighted by Gasteiger charge is -2.04. The Kier molecular flexibility index (Phi) is 2.29. The SMILES string of the molecule is O=[C]NCn1c2ccccc2c2ccccc21. The van der Waals surface area contributed by atoms with Crippen LogP contribution in [-0.4, -0.2) is 11.0 Å². The van der Waals surface area contributed by atoms with E-state index in [1.807, 2.05) is 24.3 Å². The highest BCUT2D eigenvalue weighted by Crippen LogP contribution is 2.27. The molecule has 1 radical (unpaired) electrons. The molecule has 1 amide bonds. The summed E-state index contributed by atoms with van der Waals surface area (Å²) in [5, 5.41) is 5.00. The number of para-hydroxylation sites is 2. The summed E-state index contributed by atoms with van der Waals surface area (Å²) < 4.78 is 2.08. The van der Waals surface area contributed by atoms with Gasteiger partial charge in [0.2, 0.25) is 0 Å². The van der Waals surface area contributed by atoms with Gasteiger partial charge in [-0.25, -0.2) is 0 Å². The standard InChI is InChI=1S/C14H11N2O/c17-10-15-9-16-13-7-3-1-5-11(13)12-6-2-4-8-14(12)16/h1-8H,9H2,(H,15,17). The van der Waals surface area contributed by atoms with Gasteiger partial charge in [-0.15, -0.1) is 0 Å². The zero-order chi connectivity index (χ0) is 11.7. The minimum atomic E-state index is 0.442. The van der Waals surface area contributed by atoms with Crippen molar-refractivity contribution in [1.29, 1.82) is 0 Å². The molecule has 0 aliphatic rings. The summed E-state index contributed by atoms with van der Waals surface area (Å²) in [7, 11) is 0. The first-order valence-corrected chi connectivity index (χ1v) is 5.48. The molecule has 1 N–H and O–H groups in total. The van der Waals surface area contributed by atoms with Crippen molar-refractivity contribution in [3.63, 3.8) is 0 Å². The number of carbonyl (C=O) groups excluding carboxylic acids is 1. The Bertz CT molecular complexity index is 632. The summed E-state index contributed by atoms with van der Waals surface area (Å²) in [6.07, 6.45) is 1.71. The van der Waals surface area contributed by atoms with Crippen LogP contribution in [0.1, 0.15) is 0 Å². The van der Waals surface area contributed by atoms with Crippen molar-refractivity contribution in [2.45, 2.75) is 6.67 Å². The van der Waals surface area contributed by atoms with Crippen molar-refractivity contribution in [3.8, 4) is 0 Å². The number of aromatic nitrogens is 1. The molecule has 3 rings (SSSR count). The highest BCUT2D eigenvalue weighted by atomic mass is 16.1. The summed E-state index contributed by atoms with van der Waals surface area (Å²) in [5.74, 6) is 0. The van der Waals surface area contributed by atoms with Crippen LogP contribution >= 0.6 is 0 Å². The van der Waals surface area contributed by atoms with Gasteiger partial charge >= 0.3 is 6.41 Å². The van der Waals surface area contributed by atoms with Gasteiger partial charge in [-0.2, -0.15) is 0 Å². The third-order valence-electron chi connectivity index (χ3n) is 2.99. The Morgan fingerprint density at radius 3 is 2.00 bits per heavy atom. The Morgan fingerprint density at radius 2 is 1.47 bits per heavy atom. The highest BCUT2D eigenvalue weighted by Gasteiger charge is 2.08. The molecule has 1 aromatic heterocycles. The molecule has 3 heteroatoms. The first-order valence-electron chi connectivity index (χ1n) is 5.48. The Balaban J connectivity index is 2.37. The fraction of sp³-hybridized carbons (Fsp3) is 0.0714. The number of hydrogen-bond donors (Lipinski definition) is 1. The molecule has 0 spiro atoms. The molecule has 0 saturated heterocycles. The average Bonchev–Trinajstić information content (AvgIpc) is 2.71. The third kappa shape index (κ3) is 1.47. The second kappa shape index (κ2) is 3.94. The molecule has 0 fully saturated rings. The van der Waals surface area contributed by atoms with Crippen molar-refractivity contribution in [1.82, 2.24) is 9.88 Å². The highest BCUT2D eigenvalue weighted by molar-refractivity contribution is 6.07. The summed E-state index contributed by atoms with van der Waals surface area (Å²) in [6, 6.07) is 16.4. The number of fused-ring (bicyclic) bond motifs is 3. The van der Waals surface area contributed by atoms with Gasteiger partial charge in [0.1, 0.15) is 0 Å². The Hall–Kier alpha value is -2.29. The van der Waals surface area contributed by atoms with Crippen LogP contribution in [0.5, 0.6) is 0 Å². The molecule has 2 aromatic carbocycles. The van der Waals surface area contributed by atoms with Gasteiger partial charge in [0, 0.05) is 10.8 Å². The first kappa shape index (κ1) is 9.90. The van der Waals surface area contributed by atoms with Crippen LogP contribution in [0, 0.1) is 0 Å². The molecule has 3 nitrogen and oxygen atoms in total. The predicted molar refractivity (Wildman–Crippen MR) is 68.3 cm³/mol. The smallest absolute Gasteiger partial charge is 0.310 e. The van der Waals surface area contributed by atoms with E-state index in [9.17, 15) is 4.79 Å². The minimum Gasteiger partial charge on any atom is -0.330 e. The fourth-order valence-electron chi connectivity index (χ4n) is 2.28. The molecule has 83 valence electrons. The second-order valence-corrected chi connectivity index (χ2v) is 3.90. The van der Waals surface area contributed by atoms with E-state index in [1.165, 1.54) is 10.8 Å². The average molecular weight is 223 g/mol. The predicted octanol–water partition coefficient (Wildman–Crippen LogP) is 2.41. The molecule has 3 aromatic rings. The van der Waals surface area contributed by atoms with Gasteiger partial charge in [0.05, 0.1) is 17.7 Å². The molecular formula is C14H11N2O. The second-order valence-electron chi connectivity index (χ2n) is 3.90. The minimum absolute atomic E-state index is 0.442. The summed E-state index contributed by atoms with van der Waals surface area (Å²) >= 11 is 0. The van der Waals surface area contributed by atoms with Crippen molar-refractivity contribution in [2.24, 2.45) is 0 Å².